The van der Waals surface area contributed by atoms with Crippen LogP contribution < -0.4 is 10.5 Å². The van der Waals surface area contributed by atoms with E-state index in [0.717, 1.165) is 0 Å². The fraction of sp³-hybridized carbons (Fsp3) is 0.462. The van der Waals surface area contributed by atoms with Crippen LogP contribution in [0.1, 0.15) is 17.3 Å². The van der Waals surface area contributed by atoms with E-state index in [9.17, 15) is 4.79 Å². The maximum absolute atomic E-state index is 12.4. The van der Waals surface area contributed by atoms with Crippen LogP contribution in [0.25, 0.3) is 0 Å². The average molecular weight is 250 g/mol. The third-order valence-corrected chi connectivity index (χ3v) is 3.02. The van der Waals surface area contributed by atoms with Crippen molar-refractivity contribution in [3.63, 3.8) is 0 Å². The number of nitrogens with zero attached hydrogens (tertiary/aromatic N) is 1. The number of anilines is 1. The largest absolute Gasteiger partial charge is 0.497 e. The van der Waals surface area contributed by atoms with Crippen LogP contribution in [0.15, 0.2) is 18.2 Å². The van der Waals surface area contributed by atoms with Gasteiger partial charge < -0.3 is 20.1 Å². The van der Waals surface area contributed by atoms with Gasteiger partial charge in [0, 0.05) is 18.8 Å². The van der Waals surface area contributed by atoms with Gasteiger partial charge in [-0.2, -0.15) is 0 Å². The normalized spacial score (nSPS) is 19.7. The molecule has 0 aliphatic carbocycles. The van der Waals surface area contributed by atoms with Crippen molar-refractivity contribution in [3.8, 4) is 5.75 Å². The highest BCUT2D eigenvalue weighted by Crippen LogP contribution is 2.22. The molecule has 0 bridgehead atoms. The Hall–Kier alpha value is -1.75. The number of amides is 1. The van der Waals surface area contributed by atoms with E-state index in [2.05, 4.69) is 0 Å². The van der Waals surface area contributed by atoms with Gasteiger partial charge >= 0.3 is 0 Å². The molecule has 1 amide bonds. The van der Waals surface area contributed by atoms with Crippen molar-refractivity contribution in [3.05, 3.63) is 23.8 Å². The molecule has 1 heterocycles. The fourth-order valence-corrected chi connectivity index (χ4v) is 2.02. The molecule has 5 heteroatoms. The number of nitrogens with two attached hydrogens (primary N) is 1. The van der Waals surface area contributed by atoms with Gasteiger partial charge in [-0.05, 0) is 25.1 Å². The Morgan fingerprint density at radius 1 is 1.56 bits per heavy atom. The smallest absolute Gasteiger partial charge is 0.256 e. The highest BCUT2D eigenvalue weighted by atomic mass is 16.5. The zero-order valence-electron chi connectivity index (χ0n) is 10.7. The number of methoxy groups -OCH3 is 1. The van der Waals surface area contributed by atoms with Crippen LogP contribution in [-0.2, 0) is 4.74 Å². The van der Waals surface area contributed by atoms with Crippen LogP contribution in [-0.4, -0.2) is 43.7 Å². The third-order valence-electron chi connectivity index (χ3n) is 3.02. The van der Waals surface area contributed by atoms with Crippen molar-refractivity contribution in [1.29, 1.82) is 0 Å². The van der Waals surface area contributed by atoms with Crippen molar-refractivity contribution in [2.75, 3.05) is 32.5 Å². The molecule has 1 fully saturated rings. The fourth-order valence-electron chi connectivity index (χ4n) is 2.02. The van der Waals surface area contributed by atoms with Crippen LogP contribution >= 0.6 is 0 Å². The maximum Gasteiger partial charge on any atom is 0.256 e. The van der Waals surface area contributed by atoms with Crippen LogP contribution in [0, 0.1) is 0 Å². The molecule has 1 atom stereocenters. The number of carbonyl (C=O) groups excluding carboxylic acids is 1. The molecule has 1 aliphatic heterocycles. The first-order valence-electron chi connectivity index (χ1n) is 5.96. The molecule has 1 aliphatic rings. The number of carbonyl (C=O) groups is 1. The molecule has 98 valence electrons. The van der Waals surface area contributed by atoms with Gasteiger partial charge in [-0.3, -0.25) is 4.79 Å². The lowest BCUT2D eigenvalue weighted by Gasteiger charge is -2.31. The van der Waals surface area contributed by atoms with Crippen LogP contribution in [0.3, 0.4) is 0 Å². The first-order chi connectivity index (χ1) is 8.61. The van der Waals surface area contributed by atoms with Crippen molar-refractivity contribution in [2.45, 2.75) is 13.0 Å². The molecule has 1 aromatic rings. The quantitative estimate of drug-likeness (QED) is 0.799. The zero-order chi connectivity index (χ0) is 13.1. The number of hydrogen-bond acceptors (Lipinski definition) is 4. The first kappa shape index (κ1) is 12.7. The summed E-state index contributed by atoms with van der Waals surface area (Å²) in [6, 6.07) is 5.11. The van der Waals surface area contributed by atoms with Crippen LogP contribution in [0.5, 0.6) is 5.75 Å². The third kappa shape index (κ3) is 2.56. The topological polar surface area (TPSA) is 64.8 Å². The Morgan fingerprint density at radius 2 is 2.33 bits per heavy atom. The predicted molar refractivity (Wildman–Crippen MR) is 68.7 cm³/mol. The Labute approximate surface area is 106 Å². The van der Waals surface area contributed by atoms with Crippen molar-refractivity contribution < 1.29 is 14.3 Å². The van der Waals surface area contributed by atoms with Gasteiger partial charge in [0.25, 0.3) is 5.91 Å². The monoisotopic (exact) mass is 250 g/mol. The SMILES string of the molecule is COc1ccc(N)c(C(=O)N2CCOC(C)C2)c1. The van der Waals surface area contributed by atoms with Crippen LogP contribution in [0.2, 0.25) is 0 Å². The molecule has 1 saturated heterocycles. The second kappa shape index (κ2) is 5.27. The predicted octanol–water partition coefficient (Wildman–Crippen LogP) is 1.14. The minimum Gasteiger partial charge on any atom is -0.497 e. The average Bonchev–Trinajstić information content (AvgIpc) is 2.38. The summed E-state index contributed by atoms with van der Waals surface area (Å²) in [5.74, 6) is 0.565. The molecule has 0 aromatic heterocycles. The number of morpholine rings is 1. The molecule has 0 saturated carbocycles. The van der Waals surface area contributed by atoms with Crippen molar-refractivity contribution in [1.82, 2.24) is 4.90 Å². The Bertz CT molecular complexity index is 448. The van der Waals surface area contributed by atoms with Gasteiger partial charge in [0.05, 0.1) is 25.4 Å². The summed E-state index contributed by atoms with van der Waals surface area (Å²) >= 11 is 0. The van der Waals surface area contributed by atoms with E-state index in [0.29, 0.717) is 36.7 Å². The molecule has 2 rings (SSSR count). The highest BCUT2D eigenvalue weighted by molar-refractivity contribution is 5.99. The lowest BCUT2D eigenvalue weighted by Crippen LogP contribution is -2.44. The molecule has 1 unspecified atom stereocenters. The van der Waals surface area contributed by atoms with Gasteiger partial charge in [0.1, 0.15) is 5.75 Å². The molecule has 0 radical (unpaired) electrons. The minimum absolute atomic E-state index is 0.0644. The Kier molecular flexibility index (Phi) is 3.72. The molecule has 5 nitrogen and oxygen atoms in total. The van der Waals surface area contributed by atoms with Gasteiger partial charge in [-0.15, -0.1) is 0 Å². The van der Waals surface area contributed by atoms with E-state index < -0.39 is 0 Å². The second-order valence-electron chi connectivity index (χ2n) is 4.39. The minimum atomic E-state index is -0.0680. The Balaban J connectivity index is 2.22. The van der Waals surface area contributed by atoms with Crippen molar-refractivity contribution >= 4 is 11.6 Å². The van der Waals surface area contributed by atoms with Crippen LogP contribution in [0.4, 0.5) is 5.69 Å². The number of nitrogen functional groups attached to an aromatic ring is 1. The molecule has 1 aromatic carbocycles. The van der Waals surface area contributed by atoms with Crippen molar-refractivity contribution in [2.24, 2.45) is 0 Å². The Morgan fingerprint density at radius 3 is 3.00 bits per heavy atom. The molecule has 2 N–H and O–H groups in total. The number of benzene rings is 1. The first-order valence-corrected chi connectivity index (χ1v) is 5.96. The van der Waals surface area contributed by atoms with E-state index in [1.165, 1.54) is 0 Å². The lowest BCUT2D eigenvalue weighted by molar-refractivity contribution is -0.0123. The highest BCUT2D eigenvalue weighted by Gasteiger charge is 2.24. The summed E-state index contributed by atoms with van der Waals surface area (Å²) in [7, 11) is 1.57. The molecule has 0 spiro atoms. The molecule has 18 heavy (non-hydrogen) atoms. The van der Waals surface area contributed by atoms with Gasteiger partial charge in [0.2, 0.25) is 0 Å². The van der Waals surface area contributed by atoms with E-state index in [-0.39, 0.29) is 12.0 Å². The van der Waals surface area contributed by atoms with E-state index >= 15 is 0 Å². The summed E-state index contributed by atoms with van der Waals surface area (Å²) in [6.07, 6.45) is 0.0644. The van der Waals surface area contributed by atoms with Gasteiger partial charge in [-0.1, -0.05) is 0 Å². The summed E-state index contributed by atoms with van der Waals surface area (Å²) in [5.41, 5.74) is 6.81. The zero-order valence-corrected chi connectivity index (χ0v) is 10.7. The van der Waals surface area contributed by atoms with E-state index in [1.807, 2.05) is 6.92 Å². The summed E-state index contributed by atoms with van der Waals surface area (Å²) < 4.78 is 10.5. The molecular formula is C13H18N2O3. The summed E-state index contributed by atoms with van der Waals surface area (Å²) in [6.45, 7) is 3.71. The van der Waals surface area contributed by atoms with E-state index in [4.69, 9.17) is 15.2 Å². The van der Waals surface area contributed by atoms with E-state index in [1.54, 1.807) is 30.2 Å². The number of rotatable bonds is 2. The number of hydrogen-bond donors (Lipinski definition) is 1. The number of ether oxygens (including phenoxy) is 2. The second-order valence-corrected chi connectivity index (χ2v) is 4.39. The maximum atomic E-state index is 12.4. The van der Waals surface area contributed by atoms with Gasteiger partial charge in [-0.25, -0.2) is 0 Å². The summed E-state index contributed by atoms with van der Waals surface area (Å²) in [4.78, 5) is 14.1. The standard InChI is InChI=1S/C13H18N2O3/c1-9-8-15(5-6-18-9)13(16)11-7-10(17-2)3-4-12(11)14/h3-4,7,9H,5-6,8,14H2,1-2H3. The lowest BCUT2D eigenvalue weighted by atomic mass is 10.1. The van der Waals surface area contributed by atoms with Gasteiger partial charge in [0.15, 0.2) is 0 Å². The molecular weight excluding hydrogens is 232 g/mol. The summed E-state index contributed by atoms with van der Waals surface area (Å²) in [5, 5.41) is 0.